The van der Waals surface area contributed by atoms with Crippen LogP contribution in [0, 0.1) is 0 Å². The number of hydrogen-bond acceptors (Lipinski definition) is 1. The van der Waals surface area contributed by atoms with Gasteiger partial charge in [0, 0.05) is 6.04 Å². The second-order valence-corrected chi connectivity index (χ2v) is 5.62. The molecule has 2 N–H and O–H groups in total. The van der Waals surface area contributed by atoms with Crippen LogP contribution in [0.3, 0.4) is 0 Å². The quantitative estimate of drug-likeness (QED) is 0.860. The molecule has 1 unspecified atom stereocenters. The van der Waals surface area contributed by atoms with Gasteiger partial charge in [0.2, 0.25) is 0 Å². The molecule has 0 fully saturated rings. The summed E-state index contributed by atoms with van der Waals surface area (Å²) >= 11 is 0. The molecule has 108 valence electrons. The van der Waals surface area contributed by atoms with E-state index in [2.05, 4.69) is 69.3 Å². The molecule has 1 atom stereocenters. The van der Waals surface area contributed by atoms with Gasteiger partial charge in [-0.25, -0.2) is 0 Å². The molecule has 0 saturated heterocycles. The number of nitrogens with two attached hydrogens (primary N) is 1. The van der Waals surface area contributed by atoms with Gasteiger partial charge in [-0.15, -0.1) is 12.4 Å². The van der Waals surface area contributed by atoms with E-state index in [1.807, 2.05) is 0 Å². The Hall–Kier alpha value is -1.31. The first kappa shape index (κ1) is 16.7. The molecule has 0 aliphatic rings. The van der Waals surface area contributed by atoms with Crippen LogP contribution in [0.4, 0.5) is 0 Å². The fourth-order valence-electron chi connectivity index (χ4n) is 2.36. The fraction of sp³-hybridized carbons (Fsp3) is 0.333. The first-order valence-corrected chi connectivity index (χ1v) is 7.01. The van der Waals surface area contributed by atoms with Crippen molar-refractivity contribution in [2.45, 2.75) is 39.2 Å². The Labute approximate surface area is 128 Å². The van der Waals surface area contributed by atoms with Crippen LogP contribution in [0.1, 0.15) is 37.8 Å². The van der Waals surface area contributed by atoms with Crippen molar-refractivity contribution in [2.75, 3.05) is 0 Å². The summed E-state index contributed by atoms with van der Waals surface area (Å²) in [6, 6.07) is 17.6. The third kappa shape index (κ3) is 4.09. The zero-order valence-electron chi connectivity index (χ0n) is 12.5. The Morgan fingerprint density at radius 1 is 0.950 bits per heavy atom. The van der Waals surface area contributed by atoms with Gasteiger partial charge >= 0.3 is 0 Å². The average molecular weight is 290 g/mol. The third-order valence-electron chi connectivity index (χ3n) is 3.43. The van der Waals surface area contributed by atoms with E-state index in [0.29, 0.717) is 5.92 Å². The summed E-state index contributed by atoms with van der Waals surface area (Å²) < 4.78 is 0. The van der Waals surface area contributed by atoms with E-state index >= 15 is 0 Å². The summed E-state index contributed by atoms with van der Waals surface area (Å²) in [6.45, 7) is 6.52. The number of hydrogen-bond donors (Lipinski definition) is 1. The molecule has 0 saturated carbocycles. The van der Waals surface area contributed by atoms with Gasteiger partial charge in [-0.1, -0.05) is 62.4 Å². The SMILES string of the molecule is CC(N)Cc1ccc(C(C)C)cc1-c1ccccc1.Cl. The van der Waals surface area contributed by atoms with E-state index in [1.54, 1.807) is 0 Å². The molecule has 0 aliphatic heterocycles. The maximum atomic E-state index is 5.97. The van der Waals surface area contributed by atoms with Crippen molar-refractivity contribution in [3.8, 4) is 11.1 Å². The average Bonchev–Trinajstić information content (AvgIpc) is 2.39. The highest BCUT2D eigenvalue weighted by molar-refractivity contribution is 5.85. The minimum absolute atomic E-state index is 0. The highest BCUT2D eigenvalue weighted by atomic mass is 35.5. The van der Waals surface area contributed by atoms with E-state index in [4.69, 9.17) is 5.73 Å². The van der Waals surface area contributed by atoms with Gasteiger partial charge in [0.05, 0.1) is 0 Å². The van der Waals surface area contributed by atoms with Crippen LogP contribution >= 0.6 is 12.4 Å². The van der Waals surface area contributed by atoms with Crippen LogP contribution in [-0.2, 0) is 6.42 Å². The molecule has 20 heavy (non-hydrogen) atoms. The Morgan fingerprint density at radius 2 is 1.60 bits per heavy atom. The zero-order chi connectivity index (χ0) is 13.8. The Balaban J connectivity index is 0.00000200. The zero-order valence-corrected chi connectivity index (χ0v) is 13.3. The van der Waals surface area contributed by atoms with Gasteiger partial charge in [0.15, 0.2) is 0 Å². The van der Waals surface area contributed by atoms with Gasteiger partial charge < -0.3 is 5.73 Å². The third-order valence-corrected chi connectivity index (χ3v) is 3.43. The number of halogens is 1. The van der Waals surface area contributed by atoms with E-state index < -0.39 is 0 Å². The Kier molecular flexibility index (Phi) is 6.25. The van der Waals surface area contributed by atoms with Crippen LogP contribution in [0.5, 0.6) is 0 Å². The molecule has 0 spiro atoms. The molecule has 2 aromatic rings. The molecule has 2 aromatic carbocycles. The number of benzene rings is 2. The highest BCUT2D eigenvalue weighted by Gasteiger charge is 2.09. The molecule has 1 nitrogen and oxygen atoms in total. The standard InChI is InChI=1S/C18H23N.ClH/c1-13(2)16-9-10-17(11-14(3)19)18(12-16)15-7-5-4-6-8-15;/h4-10,12-14H,11,19H2,1-3H3;1H. The highest BCUT2D eigenvalue weighted by Crippen LogP contribution is 2.28. The van der Waals surface area contributed by atoms with Crippen LogP contribution in [0.25, 0.3) is 11.1 Å². The molecular weight excluding hydrogens is 266 g/mol. The van der Waals surface area contributed by atoms with E-state index in [-0.39, 0.29) is 18.4 Å². The van der Waals surface area contributed by atoms with Gasteiger partial charge in [-0.2, -0.15) is 0 Å². The van der Waals surface area contributed by atoms with Gasteiger partial charge in [-0.3, -0.25) is 0 Å². The minimum atomic E-state index is 0. The summed E-state index contributed by atoms with van der Waals surface area (Å²) in [5.74, 6) is 0.548. The second-order valence-electron chi connectivity index (χ2n) is 5.62. The van der Waals surface area contributed by atoms with Crippen molar-refractivity contribution in [3.05, 3.63) is 59.7 Å². The first-order chi connectivity index (χ1) is 9.08. The lowest BCUT2D eigenvalue weighted by Gasteiger charge is -2.15. The fourth-order valence-corrected chi connectivity index (χ4v) is 2.36. The lowest BCUT2D eigenvalue weighted by Crippen LogP contribution is -2.18. The molecule has 2 heteroatoms. The smallest absolute Gasteiger partial charge is 0.00511 e. The van der Waals surface area contributed by atoms with Gasteiger partial charge in [0.25, 0.3) is 0 Å². The van der Waals surface area contributed by atoms with Crippen LogP contribution in [0.2, 0.25) is 0 Å². The molecule has 2 rings (SSSR count). The Bertz CT molecular complexity index is 532. The largest absolute Gasteiger partial charge is 0.328 e. The molecule has 0 radical (unpaired) electrons. The summed E-state index contributed by atoms with van der Waals surface area (Å²) in [7, 11) is 0. The first-order valence-electron chi connectivity index (χ1n) is 7.01. The van der Waals surface area contributed by atoms with E-state index in [0.717, 1.165) is 6.42 Å². The van der Waals surface area contributed by atoms with E-state index in [1.165, 1.54) is 22.3 Å². The molecule has 0 aromatic heterocycles. The van der Waals surface area contributed by atoms with Crippen molar-refractivity contribution in [2.24, 2.45) is 5.73 Å². The minimum Gasteiger partial charge on any atom is -0.328 e. The number of rotatable bonds is 4. The Morgan fingerprint density at radius 3 is 2.15 bits per heavy atom. The van der Waals surface area contributed by atoms with Crippen molar-refractivity contribution < 1.29 is 0 Å². The lowest BCUT2D eigenvalue weighted by molar-refractivity contribution is 0.738. The topological polar surface area (TPSA) is 26.0 Å². The summed E-state index contributed by atoms with van der Waals surface area (Å²) in [5.41, 5.74) is 11.3. The predicted molar refractivity (Wildman–Crippen MR) is 90.6 cm³/mol. The summed E-state index contributed by atoms with van der Waals surface area (Å²) in [6.07, 6.45) is 0.919. The van der Waals surface area contributed by atoms with Crippen LogP contribution in [0.15, 0.2) is 48.5 Å². The van der Waals surface area contributed by atoms with Crippen molar-refractivity contribution >= 4 is 12.4 Å². The van der Waals surface area contributed by atoms with Crippen LogP contribution < -0.4 is 5.73 Å². The molecule has 0 bridgehead atoms. The molecular formula is C18H24ClN. The summed E-state index contributed by atoms with van der Waals surface area (Å²) in [4.78, 5) is 0. The van der Waals surface area contributed by atoms with Crippen molar-refractivity contribution in [3.63, 3.8) is 0 Å². The van der Waals surface area contributed by atoms with Gasteiger partial charge in [-0.05, 0) is 41.5 Å². The lowest BCUT2D eigenvalue weighted by atomic mass is 9.91. The van der Waals surface area contributed by atoms with Crippen LogP contribution in [-0.4, -0.2) is 6.04 Å². The maximum absolute atomic E-state index is 5.97. The predicted octanol–water partition coefficient (Wildman–Crippen LogP) is 4.79. The summed E-state index contributed by atoms with van der Waals surface area (Å²) in [5, 5.41) is 0. The van der Waals surface area contributed by atoms with E-state index in [9.17, 15) is 0 Å². The monoisotopic (exact) mass is 289 g/mol. The second kappa shape index (κ2) is 7.47. The van der Waals surface area contributed by atoms with Gasteiger partial charge in [0.1, 0.15) is 0 Å². The maximum Gasteiger partial charge on any atom is 0.00511 e. The van der Waals surface area contributed by atoms with Crippen molar-refractivity contribution in [1.29, 1.82) is 0 Å². The normalized spacial score (nSPS) is 12.1. The molecule has 0 aliphatic carbocycles. The van der Waals surface area contributed by atoms with Crippen molar-refractivity contribution in [1.82, 2.24) is 0 Å². The molecule has 0 amide bonds. The molecule has 0 heterocycles.